The van der Waals surface area contributed by atoms with Gasteiger partial charge in [-0.2, -0.15) is 12.6 Å². The molecule has 2 heteroatoms. The summed E-state index contributed by atoms with van der Waals surface area (Å²) >= 11 is 4.31. The molecule has 0 bridgehead atoms. The topological polar surface area (TPSA) is 3.24 Å². The summed E-state index contributed by atoms with van der Waals surface area (Å²) < 4.78 is 0. The first-order valence-corrected chi connectivity index (χ1v) is 5.69. The summed E-state index contributed by atoms with van der Waals surface area (Å²) in [6.45, 7) is 8.50. The third-order valence-electron chi connectivity index (χ3n) is 2.62. The van der Waals surface area contributed by atoms with Crippen LogP contribution in [-0.2, 0) is 0 Å². The lowest BCUT2D eigenvalue weighted by Crippen LogP contribution is -2.37. The van der Waals surface area contributed by atoms with Gasteiger partial charge >= 0.3 is 0 Å². The van der Waals surface area contributed by atoms with Gasteiger partial charge in [-0.1, -0.05) is 13.8 Å². The Bertz CT molecular complexity index is 127. The van der Waals surface area contributed by atoms with Crippen LogP contribution in [0.25, 0.3) is 0 Å². The van der Waals surface area contributed by atoms with Crippen molar-refractivity contribution in [3.63, 3.8) is 0 Å². The van der Waals surface area contributed by atoms with Crippen molar-refractivity contribution < 1.29 is 0 Å². The van der Waals surface area contributed by atoms with E-state index in [1.165, 1.54) is 32.5 Å². The highest BCUT2D eigenvalue weighted by Crippen LogP contribution is 2.16. The maximum Gasteiger partial charge on any atom is 0.00149 e. The van der Waals surface area contributed by atoms with Gasteiger partial charge in [0.2, 0.25) is 0 Å². The molecule has 1 nitrogen and oxygen atoms in total. The Balaban J connectivity index is 2.22. The summed E-state index contributed by atoms with van der Waals surface area (Å²) in [7, 11) is 0. The number of hydrogen-bond acceptors (Lipinski definition) is 2. The Morgan fingerprint density at radius 2 is 2.33 bits per heavy atom. The highest BCUT2D eigenvalue weighted by molar-refractivity contribution is 7.80. The fraction of sp³-hybridized carbons (Fsp3) is 1.00. The van der Waals surface area contributed by atoms with Gasteiger partial charge < -0.3 is 4.90 Å². The second kappa shape index (κ2) is 5.13. The van der Waals surface area contributed by atoms with Gasteiger partial charge in [0.25, 0.3) is 0 Å². The second-order valence-electron chi connectivity index (χ2n) is 4.29. The van der Waals surface area contributed by atoms with Crippen LogP contribution in [0, 0.1) is 11.8 Å². The number of piperidine rings is 1. The molecule has 0 spiro atoms. The maximum absolute atomic E-state index is 4.31. The van der Waals surface area contributed by atoms with Crippen LogP contribution in [0.15, 0.2) is 0 Å². The first kappa shape index (κ1) is 10.4. The van der Waals surface area contributed by atoms with E-state index in [1.807, 2.05) is 0 Å². The van der Waals surface area contributed by atoms with E-state index in [4.69, 9.17) is 0 Å². The standard InChI is InChI=1S/C10H21NS/c1-9-4-3-5-11(6-9)7-10(2)8-12/h9-10,12H,3-8H2,1-2H3. The zero-order valence-electron chi connectivity index (χ0n) is 8.29. The first-order chi connectivity index (χ1) is 5.72. The quantitative estimate of drug-likeness (QED) is 0.663. The number of rotatable bonds is 3. The average Bonchev–Trinajstić information content (AvgIpc) is 2.04. The molecule has 1 fully saturated rings. The molecule has 1 heterocycles. The molecule has 2 unspecified atom stereocenters. The lowest BCUT2D eigenvalue weighted by molar-refractivity contribution is 0.168. The van der Waals surface area contributed by atoms with Crippen LogP contribution in [0.3, 0.4) is 0 Å². The van der Waals surface area contributed by atoms with Crippen molar-refractivity contribution in [3.05, 3.63) is 0 Å². The smallest absolute Gasteiger partial charge is 0.00149 e. The molecule has 72 valence electrons. The molecule has 1 aliphatic heterocycles. The fourth-order valence-electron chi connectivity index (χ4n) is 1.95. The molecular weight excluding hydrogens is 166 g/mol. The molecule has 0 aromatic carbocycles. The van der Waals surface area contributed by atoms with E-state index in [2.05, 4.69) is 31.4 Å². The predicted molar refractivity (Wildman–Crippen MR) is 57.9 cm³/mol. The zero-order chi connectivity index (χ0) is 8.97. The van der Waals surface area contributed by atoms with E-state index in [-0.39, 0.29) is 0 Å². The second-order valence-corrected chi connectivity index (χ2v) is 4.66. The minimum atomic E-state index is 0.749. The van der Waals surface area contributed by atoms with E-state index >= 15 is 0 Å². The van der Waals surface area contributed by atoms with Crippen molar-refractivity contribution in [1.82, 2.24) is 4.90 Å². The van der Waals surface area contributed by atoms with Crippen LogP contribution in [0.5, 0.6) is 0 Å². The monoisotopic (exact) mass is 187 g/mol. The molecule has 0 saturated carbocycles. The number of hydrogen-bond donors (Lipinski definition) is 1. The van der Waals surface area contributed by atoms with Crippen molar-refractivity contribution in [1.29, 1.82) is 0 Å². The highest BCUT2D eigenvalue weighted by Gasteiger charge is 2.17. The fourth-order valence-corrected chi connectivity index (χ4v) is 2.07. The molecule has 0 aromatic heterocycles. The molecule has 0 aromatic rings. The molecule has 1 aliphatic rings. The molecule has 2 atom stereocenters. The van der Waals surface area contributed by atoms with Gasteiger partial charge in [0.05, 0.1) is 0 Å². The normalized spacial score (nSPS) is 28.8. The van der Waals surface area contributed by atoms with E-state index in [9.17, 15) is 0 Å². The number of thiol groups is 1. The third-order valence-corrected chi connectivity index (χ3v) is 3.25. The van der Waals surface area contributed by atoms with E-state index in [0.29, 0.717) is 0 Å². The Kier molecular flexibility index (Phi) is 4.44. The molecule has 1 rings (SSSR count). The predicted octanol–water partition coefficient (Wildman–Crippen LogP) is 2.28. The van der Waals surface area contributed by atoms with Crippen LogP contribution in [-0.4, -0.2) is 30.3 Å². The van der Waals surface area contributed by atoms with Crippen molar-refractivity contribution in [2.24, 2.45) is 11.8 Å². The van der Waals surface area contributed by atoms with Gasteiger partial charge in [-0.3, -0.25) is 0 Å². The Hall–Kier alpha value is 0.310. The van der Waals surface area contributed by atoms with Crippen LogP contribution in [0.2, 0.25) is 0 Å². The summed E-state index contributed by atoms with van der Waals surface area (Å²) in [5.74, 6) is 2.68. The molecule has 0 radical (unpaired) electrons. The third kappa shape index (κ3) is 3.36. The number of likely N-dealkylation sites (tertiary alicyclic amines) is 1. The van der Waals surface area contributed by atoms with Crippen molar-refractivity contribution in [3.8, 4) is 0 Å². The molecule has 12 heavy (non-hydrogen) atoms. The lowest BCUT2D eigenvalue weighted by Gasteiger charge is -2.32. The van der Waals surface area contributed by atoms with Crippen LogP contribution in [0.1, 0.15) is 26.7 Å². The van der Waals surface area contributed by atoms with Gasteiger partial charge in [-0.05, 0) is 37.0 Å². The molecule has 1 saturated heterocycles. The van der Waals surface area contributed by atoms with Gasteiger partial charge in [0.15, 0.2) is 0 Å². The van der Waals surface area contributed by atoms with Crippen LogP contribution < -0.4 is 0 Å². The summed E-state index contributed by atoms with van der Waals surface area (Å²) in [6, 6.07) is 0. The Morgan fingerprint density at radius 3 is 2.92 bits per heavy atom. The minimum absolute atomic E-state index is 0.749. The summed E-state index contributed by atoms with van der Waals surface area (Å²) in [5.41, 5.74) is 0. The molecule has 0 N–H and O–H groups in total. The largest absolute Gasteiger partial charge is 0.303 e. The minimum Gasteiger partial charge on any atom is -0.303 e. The Labute approximate surface area is 81.9 Å². The first-order valence-electron chi connectivity index (χ1n) is 5.05. The average molecular weight is 187 g/mol. The van der Waals surface area contributed by atoms with E-state index < -0.39 is 0 Å². The van der Waals surface area contributed by atoms with Gasteiger partial charge in [0.1, 0.15) is 0 Å². The molecular formula is C10H21NS. The lowest BCUT2D eigenvalue weighted by atomic mass is 9.99. The van der Waals surface area contributed by atoms with Gasteiger partial charge in [-0.25, -0.2) is 0 Å². The summed E-state index contributed by atoms with van der Waals surface area (Å²) in [4.78, 5) is 2.59. The van der Waals surface area contributed by atoms with Crippen molar-refractivity contribution in [2.75, 3.05) is 25.4 Å². The zero-order valence-corrected chi connectivity index (χ0v) is 9.19. The maximum atomic E-state index is 4.31. The van der Waals surface area contributed by atoms with Crippen molar-refractivity contribution >= 4 is 12.6 Å². The van der Waals surface area contributed by atoms with Crippen LogP contribution in [0.4, 0.5) is 0 Å². The van der Waals surface area contributed by atoms with Gasteiger partial charge in [0, 0.05) is 13.1 Å². The van der Waals surface area contributed by atoms with E-state index in [0.717, 1.165) is 17.6 Å². The van der Waals surface area contributed by atoms with Gasteiger partial charge in [-0.15, -0.1) is 0 Å². The van der Waals surface area contributed by atoms with Crippen LogP contribution >= 0.6 is 12.6 Å². The molecule has 0 aliphatic carbocycles. The van der Waals surface area contributed by atoms with E-state index in [1.54, 1.807) is 0 Å². The SMILES string of the molecule is CC(CS)CN1CCCC(C)C1. The van der Waals surface area contributed by atoms with Crippen molar-refractivity contribution in [2.45, 2.75) is 26.7 Å². The Morgan fingerprint density at radius 1 is 1.58 bits per heavy atom. The highest BCUT2D eigenvalue weighted by atomic mass is 32.1. The summed E-state index contributed by atoms with van der Waals surface area (Å²) in [5, 5.41) is 0. The summed E-state index contributed by atoms with van der Waals surface area (Å²) in [6.07, 6.45) is 2.81. The number of nitrogens with zero attached hydrogens (tertiary/aromatic N) is 1. The molecule has 0 amide bonds.